The van der Waals surface area contributed by atoms with Crippen LogP contribution in [0.15, 0.2) is 66.9 Å². The largest absolute Gasteiger partial charge is 0.507 e. The number of fused-ring (bicyclic) bond motifs is 1. The fourth-order valence-electron chi connectivity index (χ4n) is 8.16. The van der Waals surface area contributed by atoms with Gasteiger partial charge in [0.2, 0.25) is 17.7 Å². The van der Waals surface area contributed by atoms with Crippen LogP contribution >= 0.6 is 0 Å². The summed E-state index contributed by atoms with van der Waals surface area (Å²) >= 11 is 0. The van der Waals surface area contributed by atoms with E-state index in [1.807, 2.05) is 43.0 Å². The van der Waals surface area contributed by atoms with Crippen LogP contribution in [0.2, 0.25) is 0 Å². The number of nitrogens with zero attached hydrogens (tertiary/aromatic N) is 7. The smallest absolute Gasteiger partial charge is 0.407 e. The van der Waals surface area contributed by atoms with E-state index in [0.29, 0.717) is 41.7 Å². The number of aromatic nitrogens is 7. The van der Waals surface area contributed by atoms with Crippen LogP contribution in [-0.4, -0.2) is 107 Å². The molecule has 5 atom stereocenters. The predicted octanol–water partition coefficient (Wildman–Crippen LogP) is 5.16. The lowest BCUT2D eigenvalue weighted by atomic mass is 10.0. The Balaban J connectivity index is 0.935. The van der Waals surface area contributed by atoms with E-state index in [1.165, 1.54) is 14.2 Å². The molecule has 0 bridgehead atoms. The van der Waals surface area contributed by atoms with E-state index in [1.54, 1.807) is 42.8 Å². The molecular weight excluding hydrogens is 743 g/mol. The molecule has 3 aliphatic heterocycles. The fraction of sp³-hybridized carbons (Fsp3) is 0.415. The number of hydrogen-bond donors (Lipinski definition) is 5. The summed E-state index contributed by atoms with van der Waals surface area (Å²) in [7, 11) is 2.74. The molecule has 5 N–H and O–H groups in total. The highest BCUT2D eigenvalue weighted by atomic mass is 16.5. The number of carbonyl (C=O) groups excluding carboxylic acids is 3. The number of likely N-dealkylation sites (tertiary alicyclic amines) is 2. The molecule has 0 aliphatic carbocycles. The maximum atomic E-state index is 13.6. The van der Waals surface area contributed by atoms with Gasteiger partial charge in [-0.3, -0.25) is 14.6 Å². The topological polar surface area (TPSA) is 216 Å². The van der Waals surface area contributed by atoms with E-state index >= 15 is 0 Å². The zero-order valence-corrected chi connectivity index (χ0v) is 33.0. The van der Waals surface area contributed by atoms with Crippen LogP contribution in [0.4, 0.5) is 4.79 Å². The Bertz CT molecular complexity index is 2370. The van der Waals surface area contributed by atoms with Crippen molar-refractivity contribution in [3.8, 4) is 34.0 Å². The molecule has 0 spiro atoms. The summed E-state index contributed by atoms with van der Waals surface area (Å²) in [5.41, 5.74) is 3.75. The van der Waals surface area contributed by atoms with Gasteiger partial charge in [0.25, 0.3) is 0 Å². The van der Waals surface area contributed by atoms with Crippen molar-refractivity contribution in [2.75, 3.05) is 27.3 Å². The number of benzene rings is 1. The van der Waals surface area contributed by atoms with Crippen LogP contribution in [-0.2, 0) is 19.1 Å². The van der Waals surface area contributed by atoms with Crippen LogP contribution in [0, 0.1) is 11.8 Å². The van der Waals surface area contributed by atoms with Crippen LogP contribution in [0.1, 0.15) is 70.2 Å². The Morgan fingerprint density at radius 1 is 0.879 bits per heavy atom. The number of nitrogens with one attached hydrogen (secondary N) is 4. The summed E-state index contributed by atoms with van der Waals surface area (Å²) in [6.07, 6.45) is 11.4. The standard InChI is InChI=1S/C41H47N11O6/c1-21(2)32(50-41(56)58-5)39(54)51-12-6-8-30(51)37-46-20-29(48-37)26-17-43-35(44-18-26)27-15-23-10-11-24(14-25(23)16-42-27)28-19-45-36(47-28)31-9-7-13-52(31)40(55)33-22(3)34(53)38(49-33)57-4/h10-11,14-22,30-33,49,53H,6-9,12-13H2,1-5H3,(H,45,47)(H,46,48)(H,50,56)/t22?,30-,31-,32-,33-/m0/s1. The van der Waals surface area contributed by atoms with Gasteiger partial charge in [-0.05, 0) is 49.1 Å². The molecule has 5 aromatic rings. The van der Waals surface area contributed by atoms with Crippen molar-refractivity contribution >= 4 is 28.7 Å². The number of ether oxygens (including phenoxy) is 2. The van der Waals surface area contributed by atoms with Gasteiger partial charge in [-0.2, -0.15) is 0 Å². The van der Waals surface area contributed by atoms with Gasteiger partial charge >= 0.3 is 6.09 Å². The highest BCUT2D eigenvalue weighted by molar-refractivity contribution is 5.89. The summed E-state index contributed by atoms with van der Waals surface area (Å²) in [4.78, 5) is 72.8. The van der Waals surface area contributed by atoms with Crippen molar-refractivity contribution in [2.45, 2.75) is 70.6 Å². The van der Waals surface area contributed by atoms with Crippen molar-refractivity contribution < 1.29 is 29.0 Å². The second kappa shape index (κ2) is 15.8. The van der Waals surface area contributed by atoms with Gasteiger partial charge < -0.3 is 45.0 Å². The monoisotopic (exact) mass is 789 g/mol. The van der Waals surface area contributed by atoms with Crippen molar-refractivity contribution in [1.82, 2.24) is 55.3 Å². The molecule has 1 aromatic carbocycles. The number of pyridine rings is 1. The SMILES string of the molecule is COC(=O)N[C@H](C(=O)N1CCC[C@H]1c1nc(-c2cnc(-c3cc4ccc(-c5cnc([C@@H]6CCCN6C(=O)[C@H]6NC(OC)=C(O)C6C)[nH]5)cc4cn3)nc2)c[nH]1)C(C)C. The van der Waals surface area contributed by atoms with Crippen molar-refractivity contribution in [3.05, 3.63) is 78.5 Å². The van der Waals surface area contributed by atoms with Gasteiger partial charge in [0.15, 0.2) is 11.6 Å². The molecule has 3 amide bonds. The molecule has 58 heavy (non-hydrogen) atoms. The first-order valence-corrected chi connectivity index (χ1v) is 19.6. The number of carbonyl (C=O) groups is 3. The number of aromatic amines is 2. The Labute approximate surface area is 334 Å². The van der Waals surface area contributed by atoms with Crippen LogP contribution < -0.4 is 10.6 Å². The molecule has 3 aliphatic rings. The molecule has 0 radical (unpaired) electrons. The second-order valence-corrected chi connectivity index (χ2v) is 15.3. The zero-order chi connectivity index (χ0) is 40.7. The number of H-pyrrole nitrogens is 2. The van der Waals surface area contributed by atoms with Crippen molar-refractivity contribution in [1.29, 1.82) is 0 Å². The molecule has 4 aromatic heterocycles. The van der Waals surface area contributed by atoms with Crippen LogP contribution in [0.5, 0.6) is 0 Å². The fourth-order valence-corrected chi connectivity index (χ4v) is 8.16. The molecule has 302 valence electrons. The molecular formula is C41H47N11O6. The second-order valence-electron chi connectivity index (χ2n) is 15.3. The number of amides is 3. The van der Waals surface area contributed by atoms with Gasteiger partial charge in [-0.25, -0.2) is 24.7 Å². The summed E-state index contributed by atoms with van der Waals surface area (Å²) in [6, 6.07) is 6.26. The summed E-state index contributed by atoms with van der Waals surface area (Å²) in [6.45, 7) is 6.75. The Morgan fingerprint density at radius 2 is 1.62 bits per heavy atom. The third kappa shape index (κ3) is 7.16. The number of methoxy groups -OCH3 is 2. The Morgan fingerprint density at radius 3 is 2.33 bits per heavy atom. The lowest BCUT2D eigenvalue weighted by Crippen LogP contribution is -2.51. The Hall–Kier alpha value is -6.52. The molecule has 8 rings (SSSR count). The summed E-state index contributed by atoms with van der Waals surface area (Å²) in [5, 5.41) is 18.0. The van der Waals surface area contributed by atoms with Gasteiger partial charge in [-0.15, -0.1) is 0 Å². The van der Waals surface area contributed by atoms with E-state index in [2.05, 4.69) is 35.6 Å². The highest BCUT2D eigenvalue weighted by Gasteiger charge is 2.43. The van der Waals surface area contributed by atoms with Crippen molar-refractivity contribution in [2.24, 2.45) is 11.8 Å². The van der Waals surface area contributed by atoms with Gasteiger partial charge in [0.1, 0.15) is 29.4 Å². The predicted molar refractivity (Wildman–Crippen MR) is 212 cm³/mol. The van der Waals surface area contributed by atoms with Gasteiger partial charge in [0.05, 0.1) is 43.9 Å². The third-order valence-corrected chi connectivity index (χ3v) is 11.4. The minimum atomic E-state index is -0.711. The normalized spacial score (nSPS) is 21.1. The van der Waals surface area contributed by atoms with Gasteiger partial charge in [0, 0.05) is 60.3 Å². The van der Waals surface area contributed by atoms with E-state index in [4.69, 9.17) is 19.4 Å². The van der Waals surface area contributed by atoms with Crippen LogP contribution in [0.3, 0.4) is 0 Å². The van der Waals surface area contributed by atoms with E-state index in [9.17, 15) is 19.5 Å². The average molecular weight is 790 g/mol. The molecule has 7 heterocycles. The lowest BCUT2D eigenvalue weighted by molar-refractivity contribution is -0.136. The molecule has 2 fully saturated rings. The molecule has 17 heteroatoms. The summed E-state index contributed by atoms with van der Waals surface area (Å²) < 4.78 is 9.96. The van der Waals surface area contributed by atoms with E-state index < -0.39 is 24.1 Å². The minimum absolute atomic E-state index is 0.0536. The third-order valence-electron chi connectivity index (χ3n) is 11.4. The Kier molecular flexibility index (Phi) is 10.4. The number of aliphatic hydroxyl groups excluding tert-OH is 1. The van der Waals surface area contributed by atoms with E-state index in [0.717, 1.165) is 53.5 Å². The summed E-state index contributed by atoms with van der Waals surface area (Å²) in [5.74, 6) is 1.36. The molecule has 1 unspecified atom stereocenters. The number of hydrogen-bond acceptors (Lipinski definition) is 12. The molecule has 2 saturated heterocycles. The molecule has 0 saturated carbocycles. The minimum Gasteiger partial charge on any atom is -0.507 e. The maximum Gasteiger partial charge on any atom is 0.407 e. The van der Waals surface area contributed by atoms with E-state index in [-0.39, 0.29) is 41.5 Å². The average Bonchev–Trinajstić information content (AvgIpc) is 4.10. The number of aliphatic hydroxyl groups is 1. The quantitative estimate of drug-likeness (QED) is 0.124. The van der Waals surface area contributed by atoms with Crippen LogP contribution in [0.25, 0.3) is 44.8 Å². The van der Waals surface area contributed by atoms with Gasteiger partial charge in [-0.1, -0.05) is 32.9 Å². The first kappa shape index (κ1) is 38.4. The lowest BCUT2D eigenvalue weighted by Gasteiger charge is -2.29. The first-order chi connectivity index (χ1) is 28.0. The van der Waals surface area contributed by atoms with Crippen molar-refractivity contribution in [3.63, 3.8) is 0 Å². The zero-order valence-electron chi connectivity index (χ0n) is 33.0. The highest BCUT2D eigenvalue weighted by Crippen LogP contribution is 2.36. The number of alkyl carbamates (subject to hydrolysis) is 1. The number of imidazole rings is 2. The molecule has 17 nitrogen and oxygen atoms in total. The maximum absolute atomic E-state index is 13.6. The first-order valence-electron chi connectivity index (χ1n) is 19.6. The number of rotatable bonds is 10.